The van der Waals surface area contributed by atoms with Crippen LogP contribution in [0.25, 0.3) is 10.9 Å². The lowest BCUT2D eigenvalue weighted by molar-refractivity contribution is -0.137. The smallest absolute Gasteiger partial charge is 0.258 e. The minimum Gasteiger partial charge on any atom is -0.484 e. The number of ether oxygens (including phenoxy) is 2. The van der Waals surface area contributed by atoms with E-state index in [9.17, 15) is 19.1 Å². The van der Waals surface area contributed by atoms with Crippen molar-refractivity contribution < 1.29 is 28.6 Å². The van der Waals surface area contributed by atoms with Gasteiger partial charge in [0.15, 0.2) is 13.2 Å². The molecule has 38 heavy (non-hydrogen) atoms. The number of hydrogen-bond acceptors (Lipinski definition) is 6. The number of hydrogen-bond donors (Lipinski definition) is 3. The second-order valence-electron chi connectivity index (χ2n) is 10.2. The van der Waals surface area contributed by atoms with Crippen LogP contribution in [0.4, 0.5) is 4.39 Å². The lowest BCUT2D eigenvalue weighted by Gasteiger charge is -2.56. The Balaban J connectivity index is 1.15. The van der Waals surface area contributed by atoms with Crippen molar-refractivity contribution in [1.29, 1.82) is 0 Å². The van der Waals surface area contributed by atoms with Gasteiger partial charge in [0.05, 0.1) is 22.2 Å². The van der Waals surface area contributed by atoms with Gasteiger partial charge in [-0.1, -0.05) is 23.7 Å². The molecule has 0 radical (unpaired) electrons. The fraction of sp³-hybridized carbons (Fsp3) is 0.393. The molecule has 1 atom stereocenters. The Morgan fingerprint density at radius 3 is 2.50 bits per heavy atom. The molecule has 3 saturated carbocycles. The molecule has 0 aliphatic heterocycles. The number of aromatic nitrogens is 1. The summed E-state index contributed by atoms with van der Waals surface area (Å²) in [5.74, 6) is -0.521. The number of rotatable bonds is 8. The first kappa shape index (κ1) is 26.2. The van der Waals surface area contributed by atoms with Gasteiger partial charge >= 0.3 is 0 Å². The van der Waals surface area contributed by atoms with Crippen molar-refractivity contribution in [2.75, 3.05) is 13.2 Å². The summed E-state index contributed by atoms with van der Waals surface area (Å²) in [5.41, 5.74) is 0.236. The van der Waals surface area contributed by atoms with Gasteiger partial charge in [-0.2, -0.15) is 0 Å². The Morgan fingerprint density at radius 1 is 1.05 bits per heavy atom. The van der Waals surface area contributed by atoms with Gasteiger partial charge in [-0.25, -0.2) is 4.39 Å². The highest BCUT2D eigenvalue weighted by Gasteiger charge is 2.55. The number of aryl methyl sites for hydroxylation is 1. The van der Waals surface area contributed by atoms with Crippen LogP contribution < -0.4 is 20.1 Å². The van der Waals surface area contributed by atoms with Crippen molar-refractivity contribution in [2.24, 2.45) is 0 Å². The summed E-state index contributed by atoms with van der Waals surface area (Å²) in [6, 6.07) is 13.3. The molecule has 3 aliphatic rings. The maximum atomic E-state index is 13.6. The van der Waals surface area contributed by atoms with Crippen LogP contribution in [0, 0.1) is 12.7 Å². The lowest BCUT2D eigenvalue weighted by Crippen LogP contribution is -2.70. The molecule has 10 heteroatoms. The SMILES string of the molecule is Cc1cc(OCC(=O)NC23CCC(NC(=O)COc4ccc(Cl)c(F)c4)(CC2)C[C@@H]3O)c2ccccc2n1. The number of nitrogens with zero attached hydrogens (tertiary/aromatic N) is 1. The molecule has 0 spiro atoms. The van der Waals surface area contributed by atoms with Crippen molar-refractivity contribution in [3.05, 3.63) is 65.1 Å². The zero-order valence-corrected chi connectivity index (χ0v) is 21.7. The third-order valence-electron chi connectivity index (χ3n) is 7.54. The van der Waals surface area contributed by atoms with Crippen molar-refractivity contribution in [1.82, 2.24) is 15.6 Å². The Labute approximate surface area is 224 Å². The van der Waals surface area contributed by atoms with E-state index >= 15 is 0 Å². The molecule has 3 aromatic rings. The number of benzene rings is 2. The monoisotopic (exact) mass is 541 g/mol. The average Bonchev–Trinajstić information content (AvgIpc) is 2.89. The third-order valence-corrected chi connectivity index (χ3v) is 7.85. The van der Waals surface area contributed by atoms with Crippen molar-refractivity contribution in [3.63, 3.8) is 0 Å². The van der Waals surface area contributed by atoms with E-state index in [1.807, 2.05) is 31.2 Å². The molecular formula is C28H29ClFN3O5. The lowest BCUT2D eigenvalue weighted by atomic mass is 9.60. The van der Waals surface area contributed by atoms with Crippen molar-refractivity contribution in [3.8, 4) is 11.5 Å². The zero-order valence-electron chi connectivity index (χ0n) is 20.9. The van der Waals surface area contributed by atoms with Gasteiger partial charge in [0.2, 0.25) is 0 Å². The zero-order chi connectivity index (χ0) is 26.9. The number of aliphatic hydroxyl groups is 1. The fourth-order valence-electron chi connectivity index (χ4n) is 5.55. The average molecular weight is 542 g/mol. The minimum atomic E-state index is -0.829. The minimum absolute atomic E-state index is 0.0258. The predicted octanol–water partition coefficient (Wildman–Crippen LogP) is 3.84. The van der Waals surface area contributed by atoms with Crippen LogP contribution in [0.1, 0.15) is 37.8 Å². The quantitative estimate of drug-likeness (QED) is 0.400. The van der Waals surface area contributed by atoms with Crippen LogP contribution in [-0.4, -0.2) is 52.3 Å². The van der Waals surface area contributed by atoms with E-state index in [1.165, 1.54) is 12.1 Å². The van der Waals surface area contributed by atoms with Crippen LogP contribution in [0.5, 0.6) is 11.5 Å². The number of carbonyl (C=O) groups is 2. The summed E-state index contributed by atoms with van der Waals surface area (Å²) in [6.45, 7) is 1.39. The highest BCUT2D eigenvalue weighted by molar-refractivity contribution is 6.30. The summed E-state index contributed by atoms with van der Waals surface area (Å²) in [5, 5.41) is 17.8. The molecule has 0 unspecified atom stereocenters. The molecule has 3 fully saturated rings. The molecule has 6 rings (SSSR count). The molecule has 3 N–H and O–H groups in total. The Kier molecular flexibility index (Phi) is 7.15. The number of pyridine rings is 1. The summed E-state index contributed by atoms with van der Waals surface area (Å²) in [7, 11) is 0. The van der Waals surface area contributed by atoms with Crippen LogP contribution in [0.15, 0.2) is 48.5 Å². The standard InChI is InChI=1S/C28H29ClFN3O5/c1-17-12-23(19-4-2-3-5-22(19)31-17)38-16-26(36)33-28-10-8-27(9-11-28,14-24(28)34)32-25(35)15-37-18-6-7-20(29)21(30)13-18/h2-7,12-13,24,34H,8-11,14-16H2,1H3,(H,32,35)(H,33,36)/t24-,27?,28?/m0/s1. The Bertz CT molecular complexity index is 1380. The van der Waals surface area contributed by atoms with Gasteiger partial charge in [-0.15, -0.1) is 0 Å². The first-order valence-corrected chi connectivity index (χ1v) is 12.9. The van der Waals surface area contributed by atoms with Crippen LogP contribution >= 0.6 is 11.6 Å². The van der Waals surface area contributed by atoms with Crippen LogP contribution in [-0.2, 0) is 9.59 Å². The Morgan fingerprint density at radius 2 is 1.76 bits per heavy atom. The number of para-hydroxylation sites is 1. The molecule has 1 aromatic heterocycles. The highest BCUT2D eigenvalue weighted by Crippen LogP contribution is 2.47. The summed E-state index contributed by atoms with van der Waals surface area (Å²) < 4.78 is 24.9. The van der Waals surface area contributed by atoms with Gasteiger partial charge in [-0.3, -0.25) is 14.6 Å². The normalized spacial score (nSPS) is 24.2. The topological polar surface area (TPSA) is 110 Å². The first-order valence-electron chi connectivity index (χ1n) is 12.5. The number of amides is 2. The molecule has 2 bridgehead atoms. The van der Waals surface area contributed by atoms with E-state index in [2.05, 4.69) is 15.6 Å². The maximum Gasteiger partial charge on any atom is 0.258 e. The van der Waals surface area contributed by atoms with E-state index < -0.39 is 23.0 Å². The van der Waals surface area contributed by atoms with Gasteiger partial charge in [0, 0.05) is 28.8 Å². The van der Waals surface area contributed by atoms with E-state index in [-0.39, 0.29) is 35.8 Å². The summed E-state index contributed by atoms with van der Waals surface area (Å²) in [6.07, 6.45) is 1.71. The molecule has 0 saturated heterocycles. The van der Waals surface area contributed by atoms with E-state index in [0.717, 1.165) is 22.7 Å². The second kappa shape index (κ2) is 10.4. The van der Waals surface area contributed by atoms with Gasteiger partial charge in [0.1, 0.15) is 17.3 Å². The van der Waals surface area contributed by atoms with Gasteiger partial charge < -0.3 is 25.2 Å². The number of fused-ring (bicyclic) bond motifs is 4. The third kappa shape index (κ3) is 5.39. The first-order chi connectivity index (χ1) is 18.2. The van der Waals surface area contributed by atoms with E-state index in [4.69, 9.17) is 21.1 Å². The predicted molar refractivity (Wildman–Crippen MR) is 140 cm³/mol. The van der Waals surface area contributed by atoms with Crippen LogP contribution in [0.3, 0.4) is 0 Å². The number of nitrogens with one attached hydrogen (secondary N) is 2. The van der Waals surface area contributed by atoms with Crippen molar-refractivity contribution in [2.45, 2.75) is 56.2 Å². The largest absolute Gasteiger partial charge is 0.484 e. The molecule has 8 nitrogen and oxygen atoms in total. The highest BCUT2D eigenvalue weighted by atomic mass is 35.5. The molecular weight excluding hydrogens is 513 g/mol. The van der Waals surface area contributed by atoms with E-state index in [1.54, 1.807) is 6.07 Å². The molecule has 200 valence electrons. The molecule has 3 aliphatic carbocycles. The second-order valence-corrected chi connectivity index (χ2v) is 10.6. The molecule has 2 amide bonds. The number of halogens is 2. The van der Waals surface area contributed by atoms with Gasteiger partial charge in [-0.05, 0) is 63.3 Å². The number of carbonyl (C=O) groups excluding carboxylic acids is 2. The van der Waals surface area contributed by atoms with Gasteiger partial charge in [0.25, 0.3) is 11.8 Å². The summed E-state index contributed by atoms with van der Waals surface area (Å²) >= 11 is 5.67. The molecule has 1 heterocycles. The van der Waals surface area contributed by atoms with E-state index in [0.29, 0.717) is 37.9 Å². The van der Waals surface area contributed by atoms with Crippen molar-refractivity contribution >= 4 is 34.3 Å². The fourth-order valence-corrected chi connectivity index (χ4v) is 5.67. The summed E-state index contributed by atoms with van der Waals surface area (Å²) in [4.78, 5) is 29.9. The number of aliphatic hydroxyl groups excluding tert-OH is 1. The molecule has 2 aromatic carbocycles. The Hall–Kier alpha value is -3.43. The maximum absolute atomic E-state index is 13.6. The van der Waals surface area contributed by atoms with Crippen LogP contribution in [0.2, 0.25) is 5.02 Å².